The van der Waals surface area contributed by atoms with E-state index in [1.54, 1.807) is 0 Å². The smallest absolute Gasteiger partial charge is 0.119 e. The lowest BCUT2D eigenvalue weighted by atomic mass is 10.0. The third kappa shape index (κ3) is 6.71. The van der Waals surface area contributed by atoms with Gasteiger partial charge in [0, 0.05) is 19.2 Å². The van der Waals surface area contributed by atoms with Crippen LogP contribution in [0.25, 0.3) is 31.0 Å². The van der Waals surface area contributed by atoms with Crippen molar-refractivity contribution < 1.29 is 4.74 Å². The van der Waals surface area contributed by atoms with Gasteiger partial charge in [0.25, 0.3) is 0 Å². The standard InChI is InChI=1S/C30H36OS2/c1-3-5-7-8-10-20-31-26-18-16-24(17-19-26)23-12-14-25(15-13-23)28-22-30-29(33-28)21-27(32-30)11-9-6-4-2/h12-19,21-22H,3-11,20H2,1-2H3. The molecule has 0 aliphatic rings. The van der Waals surface area contributed by atoms with Crippen molar-refractivity contribution in [1.29, 1.82) is 0 Å². The average molecular weight is 477 g/mol. The second-order valence-corrected chi connectivity index (χ2v) is 11.1. The van der Waals surface area contributed by atoms with E-state index in [1.807, 2.05) is 22.7 Å². The van der Waals surface area contributed by atoms with E-state index in [1.165, 1.54) is 87.2 Å². The van der Waals surface area contributed by atoms with Gasteiger partial charge in [-0.1, -0.05) is 88.8 Å². The van der Waals surface area contributed by atoms with E-state index < -0.39 is 0 Å². The van der Waals surface area contributed by atoms with Gasteiger partial charge in [0.05, 0.1) is 6.61 Å². The molecule has 0 saturated heterocycles. The van der Waals surface area contributed by atoms with Gasteiger partial charge in [-0.15, -0.1) is 22.7 Å². The summed E-state index contributed by atoms with van der Waals surface area (Å²) in [6.45, 7) is 5.34. The van der Waals surface area contributed by atoms with Crippen molar-refractivity contribution in [3.63, 3.8) is 0 Å². The summed E-state index contributed by atoms with van der Waals surface area (Å²) in [6, 6.07) is 22.3. The number of rotatable bonds is 13. The first-order valence-electron chi connectivity index (χ1n) is 12.6. The van der Waals surface area contributed by atoms with Crippen LogP contribution in [0.3, 0.4) is 0 Å². The van der Waals surface area contributed by atoms with Gasteiger partial charge < -0.3 is 4.74 Å². The van der Waals surface area contributed by atoms with Gasteiger partial charge >= 0.3 is 0 Å². The highest BCUT2D eigenvalue weighted by Gasteiger charge is 2.09. The Hall–Kier alpha value is -2.10. The predicted molar refractivity (Wildman–Crippen MR) is 148 cm³/mol. The maximum Gasteiger partial charge on any atom is 0.119 e. The zero-order valence-electron chi connectivity index (χ0n) is 20.1. The second-order valence-electron chi connectivity index (χ2n) is 8.87. The molecule has 0 fully saturated rings. The molecule has 2 heterocycles. The molecule has 0 aliphatic heterocycles. The van der Waals surface area contributed by atoms with E-state index in [-0.39, 0.29) is 0 Å². The fraction of sp³-hybridized carbons (Fsp3) is 0.400. The van der Waals surface area contributed by atoms with Crippen LogP contribution >= 0.6 is 22.7 Å². The van der Waals surface area contributed by atoms with E-state index >= 15 is 0 Å². The highest BCUT2D eigenvalue weighted by atomic mass is 32.1. The van der Waals surface area contributed by atoms with Crippen LogP contribution in [0.15, 0.2) is 60.7 Å². The third-order valence-corrected chi connectivity index (χ3v) is 8.56. The second kappa shape index (κ2) is 12.4. The largest absolute Gasteiger partial charge is 0.494 e. The Morgan fingerprint density at radius 1 is 0.606 bits per heavy atom. The Labute approximate surface area is 207 Å². The molecule has 33 heavy (non-hydrogen) atoms. The number of ether oxygens (including phenoxy) is 1. The van der Waals surface area contributed by atoms with Crippen molar-refractivity contribution in [2.24, 2.45) is 0 Å². The number of unbranched alkanes of at least 4 members (excludes halogenated alkanes) is 6. The highest BCUT2D eigenvalue weighted by Crippen LogP contribution is 2.39. The van der Waals surface area contributed by atoms with Crippen molar-refractivity contribution in [2.45, 2.75) is 71.6 Å². The summed E-state index contributed by atoms with van der Waals surface area (Å²) >= 11 is 3.89. The normalized spacial score (nSPS) is 11.3. The number of aryl methyl sites for hydroxylation is 1. The molecule has 1 nitrogen and oxygen atoms in total. The number of thiophene rings is 2. The molecule has 0 amide bonds. The van der Waals surface area contributed by atoms with E-state index in [2.05, 4.69) is 74.5 Å². The Kier molecular flexibility index (Phi) is 9.02. The summed E-state index contributed by atoms with van der Waals surface area (Å²) in [7, 11) is 0. The van der Waals surface area contributed by atoms with E-state index in [9.17, 15) is 0 Å². The zero-order chi connectivity index (χ0) is 22.9. The molecular weight excluding hydrogens is 440 g/mol. The maximum atomic E-state index is 5.91. The van der Waals surface area contributed by atoms with Crippen molar-refractivity contribution >= 4 is 32.1 Å². The molecule has 2 aromatic carbocycles. The first kappa shape index (κ1) is 24.0. The lowest BCUT2D eigenvalue weighted by Gasteiger charge is -2.08. The van der Waals surface area contributed by atoms with Crippen molar-refractivity contribution in [3.05, 3.63) is 65.5 Å². The van der Waals surface area contributed by atoms with Gasteiger partial charge in [-0.05, 0) is 60.2 Å². The van der Waals surface area contributed by atoms with Crippen LogP contribution in [0, 0.1) is 0 Å². The van der Waals surface area contributed by atoms with Gasteiger partial charge in [-0.25, -0.2) is 0 Å². The van der Waals surface area contributed by atoms with Crippen molar-refractivity contribution in [1.82, 2.24) is 0 Å². The lowest BCUT2D eigenvalue weighted by molar-refractivity contribution is 0.304. The SMILES string of the molecule is CCCCCCCOc1ccc(-c2ccc(-c3cc4sc(CCCCC)cc4s3)cc2)cc1. The van der Waals surface area contributed by atoms with Gasteiger partial charge in [0.1, 0.15) is 5.75 Å². The molecule has 0 radical (unpaired) electrons. The maximum absolute atomic E-state index is 5.91. The summed E-state index contributed by atoms with van der Waals surface area (Å²) in [5, 5.41) is 0. The summed E-state index contributed by atoms with van der Waals surface area (Å²) in [4.78, 5) is 2.90. The first-order valence-corrected chi connectivity index (χ1v) is 14.3. The Bertz CT molecular complexity index is 1070. The minimum atomic E-state index is 0.816. The molecule has 4 aromatic rings. The zero-order valence-corrected chi connectivity index (χ0v) is 21.7. The van der Waals surface area contributed by atoms with Crippen LogP contribution < -0.4 is 4.74 Å². The Morgan fingerprint density at radius 2 is 1.21 bits per heavy atom. The van der Waals surface area contributed by atoms with Crippen LogP contribution in [-0.2, 0) is 6.42 Å². The summed E-state index contributed by atoms with van der Waals surface area (Å²) in [6.07, 6.45) is 11.5. The minimum absolute atomic E-state index is 0.816. The van der Waals surface area contributed by atoms with Gasteiger partial charge in [0.15, 0.2) is 0 Å². The Balaban J connectivity index is 1.33. The van der Waals surface area contributed by atoms with E-state index in [4.69, 9.17) is 4.74 Å². The number of benzene rings is 2. The fourth-order valence-corrected chi connectivity index (χ4v) is 6.64. The van der Waals surface area contributed by atoms with E-state index in [0.29, 0.717) is 0 Å². The highest BCUT2D eigenvalue weighted by molar-refractivity contribution is 7.29. The number of hydrogen-bond donors (Lipinski definition) is 0. The summed E-state index contributed by atoms with van der Waals surface area (Å²) in [5.41, 5.74) is 3.80. The van der Waals surface area contributed by atoms with Crippen LogP contribution in [0.2, 0.25) is 0 Å². The third-order valence-electron chi connectivity index (χ3n) is 6.16. The number of fused-ring (bicyclic) bond motifs is 1. The molecule has 0 unspecified atom stereocenters. The Morgan fingerprint density at radius 3 is 1.91 bits per heavy atom. The quantitative estimate of drug-likeness (QED) is 0.174. The molecule has 0 atom stereocenters. The minimum Gasteiger partial charge on any atom is -0.494 e. The molecule has 4 rings (SSSR count). The van der Waals surface area contributed by atoms with Crippen molar-refractivity contribution in [3.8, 4) is 27.3 Å². The molecule has 0 saturated carbocycles. The fourth-order valence-electron chi connectivity index (χ4n) is 4.17. The topological polar surface area (TPSA) is 9.23 Å². The average Bonchev–Trinajstić information content (AvgIpc) is 3.41. The molecule has 2 aromatic heterocycles. The molecule has 3 heteroatoms. The van der Waals surface area contributed by atoms with Gasteiger partial charge in [-0.3, -0.25) is 0 Å². The number of hydrogen-bond acceptors (Lipinski definition) is 3. The van der Waals surface area contributed by atoms with Crippen LogP contribution in [0.4, 0.5) is 0 Å². The lowest BCUT2D eigenvalue weighted by Crippen LogP contribution is -1.97. The molecule has 0 N–H and O–H groups in total. The molecule has 0 aliphatic carbocycles. The van der Waals surface area contributed by atoms with Crippen LogP contribution in [0.5, 0.6) is 5.75 Å². The molecule has 174 valence electrons. The molecular formula is C30H36OS2. The van der Waals surface area contributed by atoms with Gasteiger partial charge in [-0.2, -0.15) is 0 Å². The van der Waals surface area contributed by atoms with Gasteiger partial charge in [0.2, 0.25) is 0 Å². The van der Waals surface area contributed by atoms with Crippen LogP contribution in [0.1, 0.15) is 70.1 Å². The first-order chi connectivity index (χ1) is 16.3. The predicted octanol–water partition coefficient (Wildman–Crippen LogP) is 10.4. The monoisotopic (exact) mass is 476 g/mol. The molecule has 0 bridgehead atoms. The summed E-state index contributed by atoms with van der Waals surface area (Å²) in [5.74, 6) is 0.971. The molecule has 0 spiro atoms. The van der Waals surface area contributed by atoms with E-state index in [0.717, 1.165) is 18.8 Å². The van der Waals surface area contributed by atoms with Crippen LogP contribution in [-0.4, -0.2) is 6.61 Å². The summed E-state index contributed by atoms with van der Waals surface area (Å²) < 4.78 is 8.79. The van der Waals surface area contributed by atoms with Crippen molar-refractivity contribution in [2.75, 3.05) is 6.61 Å².